The van der Waals surface area contributed by atoms with Crippen LogP contribution >= 0.6 is 11.8 Å². The Hall–Kier alpha value is -9.11. The number of aldehydes is 1. The minimum absolute atomic E-state index is 0.200. The summed E-state index contributed by atoms with van der Waals surface area (Å²) in [5.41, 5.74) is -0.700. The summed E-state index contributed by atoms with van der Waals surface area (Å²) in [6, 6.07) is 2.62. The lowest BCUT2D eigenvalue weighted by atomic mass is 9.92. The van der Waals surface area contributed by atoms with Crippen LogP contribution in [0, 0.1) is 17.8 Å². The van der Waals surface area contributed by atoms with E-state index >= 15 is 4.79 Å². The molecule has 13 amide bonds. The highest BCUT2D eigenvalue weighted by molar-refractivity contribution is 7.99. The molecule has 12 atom stereocenters. The molecule has 0 unspecified atom stereocenters. The quantitative estimate of drug-likeness (QED) is 0.0403. The van der Waals surface area contributed by atoms with Gasteiger partial charge in [0, 0.05) is 79.3 Å². The van der Waals surface area contributed by atoms with E-state index in [9.17, 15) is 77.6 Å². The maximum absolute atomic E-state index is 15.3. The topological polar surface area (TPSA) is 454 Å². The van der Waals surface area contributed by atoms with Crippen molar-refractivity contribution >= 4 is 111 Å². The number of amides is 13. The largest absolute Gasteiger partial charge is 0.394 e. The zero-order valence-corrected chi connectivity index (χ0v) is 52.9. The number of para-hydroxylation sites is 1. The number of thioether (sulfide) groups is 1. The number of nitrogens with one attached hydrogen (secondary N) is 12. The number of anilines is 1. The first-order valence-electron chi connectivity index (χ1n) is 30.5. The summed E-state index contributed by atoms with van der Waals surface area (Å²) >= 11 is 0.987. The predicted octanol–water partition coefficient (Wildman–Crippen LogP) is -3.91. The molecule has 0 spiro atoms. The Labute approximate surface area is 538 Å². The van der Waals surface area contributed by atoms with Gasteiger partial charge in [-0.05, 0) is 48.1 Å². The van der Waals surface area contributed by atoms with E-state index in [1.54, 1.807) is 52.0 Å². The first-order valence-corrected chi connectivity index (χ1v) is 31.4. The third-order valence-corrected chi connectivity index (χ3v) is 17.7. The van der Waals surface area contributed by atoms with Crippen molar-refractivity contribution in [2.45, 2.75) is 145 Å². The van der Waals surface area contributed by atoms with Crippen LogP contribution in [0.5, 0.6) is 0 Å². The van der Waals surface area contributed by atoms with Crippen molar-refractivity contribution < 1.29 is 82.4 Å². The van der Waals surface area contributed by atoms with Crippen molar-refractivity contribution in [2.24, 2.45) is 17.8 Å². The molecule has 1 aromatic heterocycles. The summed E-state index contributed by atoms with van der Waals surface area (Å²) in [4.78, 5) is 197. The molecule has 2 aromatic carbocycles. The Kier molecular flexibility index (Phi) is 24.5. The second-order valence-corrected chi connectivity index (χ2v) is 24.8. The highest BCUT2D eigenvalue weighted by Crippen LogP contribution is 2.33. The van der Waals surface area contributed by atoms with Gasteiger partial charge in [0.25, 0.3) is 11.8 Å². The number of aromatic amines is 1. The normalized spacial score (nSPS) is 24.4. The number of rotatable bonds is 19. The third kappa shape index (κ3) is 18.1. The van der Waals surface area contributed by atoms with Crippen LogP contribution in [0.1, 0.15) is 78.4 Å². The molecule has 31 nitrogen and oxygen atoms in total. The molecule has 93 heavy (non-hydrogen) atoms. The zero-order chi connectivity index (χ0) is 68.0. The number of imide groups is 1. The average Bonchev–Trinajstić information content (AvgIpc) is 1.35. The lowest BCUT2D eigenvalue weighted by Crippen LogP contribution is -2.69. The molecule has 502 valence electrons. The number of aromatic nitrogens is 1. The van der Waals surface area contributed by atoms with E-state index in [-0.39, 0.29) is 43.7 Å². The Morgan fingerprint density at radius 3 is 2.10 bits per heavy atom. The number of aliphatic hydroxyl groups is 3. The van der Waals surface area contributed by atoms with Crippen LogP contribution in [0.15, 0.2) is 65.7 Å². The van der Waals surface area contributed by atoms with Crippen molar-refractivity contribution in [1.29, 1.82) is 0 Å². The first kappa shape index (κ1) is 71.3. The van der Waals surface area contributed by atoms with Gasteiger partial charge in [0.05, 0.1) is 49.4 Å². The number of aliphatic hydroxyl groups excluding tert-OH is 3. The molecule has 4 aliphatic heterocycles. The van der Waals surface area contributed by atoms with Crippen LogP contribution in [-0.4, -0.2) is 212 Å². The second kappa shape index (κ2) is 32.0. The van der Waals surface area contributed by atoms with Crippen LogP contribution in [0.3, 0.4) is 0 Å². The Bertz CT molecular complexity index is 3380. The van der Waals surface area contributed by atoms with Gasteiger partial charge in [0.1, 0.15) is 36.3 Å². The van der Waals surface area contributed by atoms with E-state index in [1.165, 1.54) is 38.1 Å². The van der Waals surface area contributed by atoms with E-state index < -0.39 is 194 Å². The highest BCUT2D eigenvalue weighted by Gasteiger charge is 2.53. The standard InChI is InChI=1S/C61H80N14O17S/c1-7-31(4)51-56(89)64-24-46(82)67-42-28-93-59-38(37-10-8-9-11-39(37)70-59)20-40(54(87)63-25-47(83)72-51)68-58(91)52(32(5)43(79)27-76)73-61(29-77)22-36(78)26-75(61)60(92)41(69-55(42)88)21-45(81)62-23-34-12-14-35(15-13-34)66-53(86)33(6)65-57(90)50(30(2)3)71-44(80)18-19-74-48(84)16-17-49(74)85/h8-17,29-33,36,40-43,50-52,70,73,76,78-79H,7,18-28H2,1-6H3,(H,62,81)(H,63,87)(H,64,89)(H,65,90)(H,66,86)(H,67,82)(H,68,91)(H,69,88)(H,71,80)(H,72,83)/t31-,32-,33-,36+,40-,41-,42+,43-,50-,51-,52-,61-/m0/s1. The molecule has 15 N–H and O–H groups in total. The molecule has 0 aliphatic carbocycles. The van der Waals surface area contributed by atoms with Crippen molar-refractivity contribution in [1.82, 2.24) is 68.0 Å². The zero-order valence-electron chi connectivity index (χ0n) is 52.1. The number of H-pyrrole nitrogens is 1. The van der Waals surface area contributed by atoms with Gasteiger partial charge in [-0.1, -0.05) is 71.4 Å². The van der Waals surface area contributed by atoms with Gasteiger partial charge in [0.15, 0.2) is 11.9 Å². The van der Waals surface area contributed by atoms with E-state index in [1.807, 2.05) is 0 Å². The molecule has 5 heterocycles. The van der Waals surface area contributed by atoms with Crippen LogP contribution in [0.4, 0.5) is 5.69 Å². The van der Waals surface area contributed by atoms with Gasteiger partial charge in [-0.2, -0.15) is 0 Å². The minimum Gasteiger partial charge on any atom is -0.394 e. The van der Waals surface area contributed by atoms with Gasteiger partial charge < -0.3 is 78.4 Å². The lowest BCUT2D eigenvalue weighted by Gasteiger charge is -2.41. The molecule has 0 saturated carbocycles. The fourth-order valence-corrected chi connectivity index (χ4v) is 12.0. The minimum atomic E-state index is -2.37. The SMILES string of the molecule is CC[C@H](C)[C@@H]1NC(=O)CNC(=O)[C@@H]2Cc3c([nH]c4ccccc34)SC[C@@H](NC(=O)CNC1=O)C(=O)N[C@@H](CC(=O)NCc1ccc(NC(=O)[C@H](C)NC(=O)[C@@H](NC(=O)CCN3C(=O)C=CC3=O)C(C)C)cc1)C(=O)N1C[C@H](O)C[C@]1(C=O)N[C@@H]([C@@H](C)[C@@H](O)CO)C(=O)N2. The molecule has 0 radical (unpaired) electrons. The highest BCUT2D eigenvalue weighted by atomic mass is 32.2. The molecule has 4 aliphatic rings. The van der Waals surface area contributed by atoms with E-state index in [2.05, 4.69) is 63.5 Å². The first-order chi connectivity index (χ1) is 44.1. The van der Waals surface area contributed by atoms with Crippen LogP contribution in [0.2, 0.25) is 0 Å². The van der Waals surface area contributed by atoms with Gasteiger partial charge >= 0.3 is 0 Å². The smallest absolute Gasteiger partial charge is 0.253 e. The van der Waals surface area contributed by atoms with Crippen molar-refractivity contribution in [3.8, 4) is 0 Å². The summed E-state index contributed by atoms with van der Waals surface area (Å²) in [5.74, 6) is -13.2. The number of hydrogen-bond acceptors (Lipinski definition) is 19. The second-order valence-electron chi connectivity index (χ2n) is 23.8. The van der Waals surface area contributed by atoms with Gasteiger partial charge in [-0.25, -0.2) is 0 Å². The van der Waals surface area contributed by atoms with Gasteiger partial charge in [-0.3, -0.25) is 77.3 Å². The fraction of sp³-hybridized carbons (Fsp3) is 0.508. The molecule has 2 bridgehead atoms. The molecule has 1 saturated heterocycles. The number of nitrogens with zero attached hydrogens (tertiary/aromatic N) is 2. The summed E-state index contributed by atoms with van der Waals surface area (Å²) in [6.07, 6.45) is -2.48. The van der Waals surface area contributed by atoms with Crippen molar-refractivity contribution in [3.63, 3.8) is 0 Å². The fourth-order valence-electron chi connectivity index (χ4n) is 10.9. The molecule has 3 aromatic rings. The van der Waals surface area contributed by atoms with Crippen LogP contribution in [-0.2, 0) is 80.1 Å². The molecular weight excluding hydrogens is 1230 g/mol. The van der Waals surface area contributed by atoms with Crippen LogP contribution < -0.4 is 58.5 Å². The number of benzene rings is 2. The number of carbonyl (C=O) groups excluding carboxylic acids is 14. The average molecular weight is 1310 g/mol. The Morgan fingerprint density at radius 2 is 1.44 bits per heavy atom. The van der Waals surface area contributed by atoms with Crippen molar-refractivity contribution in [3.05, 3.63) is 71.8 Å². The van der Waals surface area contributed by atoms with Gasteiger partial charge in [-0.15, -0.1) is 11.8 Å². The summed E-state index contributed by atoms with van der Waals surface area (Å²) in [6.45, 7) is 6.14. The maximum atomic E-state index is 15.3. The van der Waals surface area contributed by atoms with Gasteiger partial charge in [0.2, 0.25) is 65.0 Å². The Balaban J connectivity index is 1.16. The van der Waals surface area contributed by atoms with E-state index in [0.717, 1.165) is 33.7 Å². The predicted molar refractivity (Wildman–Crippen MR) is 333 cm³/mol. The number of fused-ring (bicyclic) bond motifs is 5. The van der Waals surface area contributed by atoms with E-state index in [4.69, 9.17) is 0 Å². The number of carbonyl (C=O) groups is 14. The Morgan fingerprint density at radius 1 is 0.774 bits per heavy atom. The lowest BCUT2D eigenvalue weighted by molar-refractivity contribution is -0.147. The summed E-state index contributed by atoms with van der Waals surface area (Å²) in [7, 11) is 0. The van der Waals surface area contributed by atoms with E-state index in [0.29, 0.717) is 33.5 Å². The monoisotopic (exact) mass is 1310 g/mol. The van der Waals surface area contributed by atoms with Crippen molar-refractivity contribution in [2.75, 3.05) is 43.9 Å². The molecule has 7 rings (SSSR count). The molecule has 1 fully saturated rings. The number of hydrogen-bond donors (Lipinski definition) is 15. The summed E-state index contributed by atoms with van der Waals surface area (Å²) in [5, 5.41) is 62.4. The summed E-state index contributed by atoms with van der Waals surface area (Å²) < 4.78 is 0. The molecule has 32 heteroatoms. The molecular formula is C61H80N14O17S. The maximum Gasteiger partial charge on any atom is 0.253 e. The third-order valence-electron chi connectivity index (χ3n) is 16.6. The van der Waals surface area contributed by atoms with Crippen LogP contribution in [0.25, 0.3) is 10.9 Å².